The topological polar surface area (TPSA) is 117 Å². The molecule has 2 aromatic carbocycles. The molecule has 4 rings (SSSR count). The van der Waals surface area contributed by atoms with Crippen molar-refractivity contribution in [3.63, 3.8) is 0 Å². The monoisotopic (exact) mass is 562 g/mol. The van der Waals surface area contributed by atoms with Crippen molar-refractivity contribution in [3.05, 3.63) is 65.2 Å². The molecule has 0 spiro atoms. The first-order valence-corrected chi connectivity index (χ1v) is 14.7. The highest BCUT2D eigenvalue weighted by Crippen LogP contribution is 2.23. The number of piperidine rings is 1. The lowest BCUT2D eigenvalue weighted by molar-refractivity contribution is -0.135. The third kappa shape index (κ3) is 9.06. The Morgan fingerprint density at radius 2 is 1.85 bits per heavy atom. The smallest absolute Gasteiger partial charge is 0.243 e. The van der Waals surface area contributed by atoms with Crippen LogP contribution in [0.1, 0.15) is 62.1 Å². The SMILES string of the molecule is CC(=O)N[C@H]1CCC(=O)N2CCCC(CCOc3ccc(C)c(c3)CNC(=O)[C@H](CCc3ccccc3)NC1=O)C2. The van der Waals surface area contributed by atoms with Gasteiger partial charge in [-0.15, -0.1) is 0 Å². The standard InChI is InChI=1S/C32H42N4O5/c1-22-10-12-27-19-26(22)20-33-31(39)28(13-11-24-7-4-3-5-8-24)35-32(40)29(34-23(2)37)14-15-30(38)36-17-6-9-25(21-36)16-18-41-27/h3-5,7-8,10,12,19,25,28-29H,6,9,11,13-18,20-21H2,1-2H3,(H,33,39)(H,34,37)(H,35,40)/t25?,28-,29-/m0/s1. The summed E-state index contributed by atoms with van der Waals surface area (Å²) in [5.74, 6) is -0.0852. The van der Waals surface area contributed by atoms with Gasteiger partial charge in [0, 0.05) is 33.0 Å². The van der Waals surface area contributed by atoms with Crippen LogP contribution in [0.3, 0.4) is 0 Å². The molecule has 0 aliphatic carbocycles. The van der Waals surface area contributed by atoms with Gasteiger partial charge in [-0.2, -0.15) is 0 Å². The second-order valence-corrected chi connectivity index (χ2v) is 11.2. The summed E-state index contributed by atoms with van der Waals surface area (Å²) in [7, 11) is 0. The van der Waals surface area contributed by atoms with Crippen LogP contribution in [0.2, 0.25) is 0 Å². The molecular formula is C32H42N4O5. The van der Waals surface area contributed by atoms with Gasteiger partial charge in [0.05, 0.1) is 6.61 Å². The van der Waals surface area contributed by atoms with E-state index in [1.54, 1.807) is 0 Å². The number of nitrogens with one attached hydrogen (secondary N) is 3. The van der Waals surface area contributed by atoms with E-state index >= 15 is 0 Å². The molecule has 2 aliphatic rings. The average molecular weight is 563 g/mol. The predicted octanol–water partition coefficient (Wildman–Crippen LogP) is 3.03. The third-order valence-electron chi connectivity index (χ3n) is 7.98. The molecule has 3 atom stereocenters. The molecule has 1 fully saturated rings. The minimum Gasteiger partial charge on any atom is -0.494 e. The summed E-state index contributed by atoms with van der Waals surface area (Å²) >= 11 is 0. The molecule has 3 N–H and O–H groups in total. The summed E-state index contributed by atoms with van der Waals surface area (Å²) in [5, 5.41) is 8.55. The molecule has 9 nitrogen and oxygen atoms in total. The van der Waals surface area contributed by atoms with Crippen LogP contribution in [-0.2, 0) is 32.1 Å². The molecular weight excluding hydrogens is 520 g/mol. The first kappa shape index (κ1) is 30.1. The Morgan fingerprint density at radius 1 is 1.05 bits per heavy atom. The largest absolute Gasteiger partial charge is 0.494 e. The fraction of sp³-hybridized carbons (Fsp3) is 0.500. The van der Waals surface area contributed by atoms with Crippen molar-refractivity contribution in [1.82, 2.24) is 20.9 Å². The van der Waals surface area contributed by atoms with Crippen LogP contribution in [0.5, 0.6) is 5.75 Å². The highest BCUT2D eigenvalue weighted by Gasteiger charge is 2.29. The number of ether oxygens (including phenoxy) is 1. The lowest BCUT2D eigenvalue weighted by atomic mass is 9.94. The van der Waals surface area contributed by atoms with E-state index in [1.165, 1.54) is 6.92 Å². The Morgan fingerprint density at radius 3 is 2.63 bits per heavy atom. The molecule has 0 saturated carbocycles. The van der Waals surface area contributed by atoms with Crippen LogP contribution in [0.25, 0.3) is 0 Å². The Kier molecular flexibility index (Phi) is 10.8. The number of nitrogens with zero attached hydrogens (tertiary/aromatic N) is 1. The fourth-order valence-corrected chi connectivity index (χ4v) is 5.54. The molecule has 0 radical (unpaired) electrons. The quantitative estimate of drug-likeness (QED) is 0.530. The molecule has 41 heavy (non-hydrogen) atoms. The summed E-state index contributed by atoms with van der Waals surface area (Å²) in [6.45, 7) is 5.53. The van der Waals surface area contributed by atoms with Crippen LogP contribution in [-0.4, -0.2) is 60.3 Å². The highest BCUT2D eigenvalue weighted by atomic mass is 16.5. The van der Waals surface area contributed by atoms with E-state index in [0.29, 0.717) is 45.0 Å². The zero-order chi connectivity index (χ0) is 29.2. The van der Waals surface area contributed by atoms with Crippen LogP contribution in [0, 0.1) is 12.8 Å². The Hall–Kier alpha value is -3.88. The minimum absolute atomic E-state index is 0.0294. The second-order valence-electron chi connectivity index (χ2n) is 11.2. The fourth-order valence-electron chi connectivity index (χ4n) is 5.54. The van der Waals surface area contributed by atoms with Crippen molar-refractivity contribution in [2.75, 3.05) is 19.7 Å². The Balaban J connectivity index is 1.56. The Labute approximate surface area is 242 Å². The number of aryl methyl sites for hydroxylation is 2. The number of hydrogen-bond acceptors (Lipinski definition) is 5. The van der Waals surface area contributed by atoms with Gasteiger partial charge in [-0.3, -0.25) is 19.2 Å². The van der Waals surface area contributed by atoms with Gasteiger partial charge in [-0.05, 0) is 80.2 Å². The zero-order valence-corrected chi connectivity index (χ0v) is 24.1. The average Bonchev–Trinajstić information content (AvgIpc) is 2.97. The van der Waals surface area contributed by atoms with Gasteiger partial charge in [0.1, 0.15) is 17.8 Å². The van der Waals surface area contributed by atoms with Gasteiger partial charge in [-0.25, -0.2) is 0 Å². The number of benzene rings is 2. The molecule has 1 saturated heterocycles. The summed E-state index contributed by atoms with van der Waals surface area (Å²) in [6.07, 6.45) is 4.06. The summed E-state index contributed by atoms with van der Waals surface area (Å²) in [5.41, 5.74) is 3.02. The van der Waals surface area contributed by atoms with Crippen molar-refractivity contribution in [3.8, 4) is 5.75 Å². The van der Waals surface area contributed by atoms with E-state index < -0.39 is 18.0 Å². The van der Waals surface area contributed by atoms with Gasteiger partial charge in [0.15, 0.2) is 0 Å². The number of carbonyl (C=O) groups excluding carboxylic acids is 4. The molecule has 4 amide bonds. The second kappa shape index (κ2) is 14.7. The van der Waals surface area contributed by atoms with Crippen molar-refractivity contribution < 1.29 is 23.9 Å². The van der Waals surface area contributed by atoms with E-state index in [2.05, 4.69) is 16.0 Å². The first-order chi connectivity index (χ1) is 19.8. The molecule has 2 aromatic rings. The van der Waals surface area contributed by atoms with Crippen molar-refractivity contribution in [2.45, 2.75) is 77.4 Å². The number of amides is 4. The van der Waals surface area contributed by atoms with E-state index in [9.17, 15) is 19.2 Å². The molecule has 1 unspecified atom stereocenters. The first-order valence-electron chi connectivity index (χ1n) is 14.7. The summed E-state index contributed by atoms with van der Waals surface area (Å²) < 4.78 is 6.07. The number of rotatable bonds is 4. The minimum atomic E-state index is -0.918. The van der Waals surface area contributed by atoms with Crippen molar-refractivity contribution in [1.29, 1.82) is 0 Å². The molecule has 2 heterocycles. The van der Waals surface area contributed by atoms with Crippen LogP contribution in [0.4, 0.5) is 0 Å². The third-order valence-corrected chi connectivity index (χ3v) is 7.98. The van der Waals surface area contributed by atoms with Crippen molar-refractivity contribution in [2.24, 2.45) is 5.92 Å². The number of hydrogen-bond donors (Lipinski definition) is 3. The van der Waals surface area contributed by atoms with E-state index in [1.807, 2.05) is 60.4 Å². The van der Waals surface area contributed by atoms with E-state index in [4.69, 9.17) is 4.74 Å². The van der Waals surface area contributed by atoms with Crippen LogP contribution < -0.4 is 20.7 Å². The van der Waals surface area contributed by atoms with Gasteiger partial charge in [0.25, 0.3) is 0 Å². The maximum atomic E-state index is 13.4. The summed E-state index contributed by atoms with van der Waals surface area (Å²) in [4.78, 5) is 53.8. The summed E-state index contributed by atoms with van der Waals surface area (Å²) in [6, 6.07) is 13.9. The normalized spacial score (nSPS) is 22.7. The van der Waals surface area contributed by atoms with Crippen LogP contribution >= 0.6 is 0 Å². The van der Waals surface area contributed by atoms with E-state index in [0.717, 1.165) is 41.7 Å². The molecule has 9 heteroatoms. The zero-order valence-electron chi connectivity index (χ0n) is 24.1. The lowest BCUT2D eigenvalue weighted by Crippen LogP contribution is -2.53. The lowest BCUT2D eigenvalue weighted by Gasteiger charge is -2.33. The van der Waals surface area contributed by atoms with Gasteiger partial charge < -0.3 is 25.6 Å². The van der Waals surface area contributed by atoms with Gasteiger partial charge >= 0.3 is 0 Å². The van der Waals surface area contributed by atoms with Crippen molar-refractivity contribution >= 4 is 23.6 Å². The number of fused-ring (bicyclic) bond motifs is 4. The number of carbonyl (C=O) groups is 4. The maximum absolute atomic E-state index is 13.4. The maximum Gasteiger partial charge on any atom is 0.243 e. The predicted molar refractivity (Wildman–Crippen MR) is 156 cm³/mol. The van der Waals surface area contributed by atoms with Crippen LogP contribution in [0.15, 0.2) is 48.5 Å². The van der Waals surface area contributed by atoms with Gasteiger partial charge in [0.2, 0.25) is 23.6 Å². The molecule has 2 aliphatic heterocycles. The Bertz CT molecular complexity index is 1220. The highest BCUT2D eigenvalue weighted by molar-refractivity contribution is 5.92. The van der Waals surface area contributed by atoms with E-state index in [-0.39, 0.29) is 30.6 Å². The molecule has 0 aromatic heterocycles. The van der Waals surface area contributed by atoms with Gasteiger partial charge in [-0.1, -0.05) is 36.4 Å². The molecule has 4 bridgehead atoms. The molecule has 220 valence electrons.